The molecule has 0 unspecified atom stereocenters. The zero-order chi connectivity index (χ0) is 12.7. The zero-order valence-electron chi connectivity index (χ0n) is 10.7. The number of hydrogen-bond acceptors (Lipinski definition) is 4. The van der Waals surface area contributed by atoms with Crippen LogP contribution in [0.15, 0.2) is 24.3 Å². The normalized spacial score (nSPS) is 11.5. The third-order valence-electron chi connectivity index (χ3n) is 2.53. The predicted octanol–water partition coefficient (Wildman–Crippen LogP) is 1.88. The van der Waals surface area contributed by atoms with E-state index in [0.29, 0.717) is 13.2 Å². The number of hydrogen-bond donors (Lipinski definition) is 1. The first-order chi connectivity index (χ1) is 8.22. The molecular formula is C13H21NO3. The lowest BCUT2D eigenvalue weighted by Gasteiger charge is -2.32. The first kappa shape index (κ1) is 14.0. The van der Waals surface area contributed by atoms with Crippen LogP contribution < -0.4 is 10.5 Å². The van der Waals surface area contributed by atoms with Crippen LogP contribution in [-0.2, 0) is 15.3 Å². The van der Waals surface area contributed by atoms with Gasteiger partial charge in [0.2, 0.25) is 5.79 Å². The van der Waals surface area contributed by atoms with Crippen molar-refractivity contribution in [2.75, 3.05) is 26.9 Å². The van der Waals surface area contributed by atoms with Crippen molar-refractivity contribution in [2.45, 2.75) is 19.6 Å². The van der Waals surface area contributed by atoms with Gasteiger partial charge in [-0.1, -0.05) is 12.1 Å². The molecule has 0 aromatic heterocycles. The van der Waals surface area contributed by atoms with E-state index in [9.17, 15) is 0 Å². The van der Waals surface area contributed by atoms with Crippen molar-refractivity contribution in [1.82, 2.24) is 0 Å². The van der Waals surface area contributed by atoms with E-state index in [2.05, 4.69) is 0 Å². The second kappa shape index (κ2) is 6.59. The van der Waals surface area contributed by atoms with E-state index in [-0.39, 0.29) is 6.54 Å². The van der Waals surface area contributed by atoms with Gasteiger partial charge in [0, 0.05) is 18.8 Å². The Morgan fingerprint density at radius 2 is 1.82 bits per heavy atom. The first-order valence-electron chi connectivity index (χ1n) is 5.85. The Balaban J connectivity index is 3.09. The monoisotopic (exact) mass is 239 g/mol. The Kier molecular flexibility index (Phi) is 5.41. The van der Waals surface area contributed by atoms with Crippen LogP contribution in [0.5, 0.6) is 5.75 Å². The maximum Gasteiger partial charge on any atom is 0.207 e. The van der Waals surface area contributed by atoms with Gasteiger partial charge < -0.3 is 19.9 Å². The number of nitrogens with two attached hydrogens (primary N) is 1. The Morgan fingerprint density at radius 1 is 1.18 bits per heavy atom. The average molecular weight is 239 g/mol. The van der Waals surface area contributed by atoms with Crippen LogP contribution >= 0.6 is 0 Å². The van der Waals surface area contributed by atoms with Gasteiger partial charge in [0.05, 0.1) is 13.7 Å². The molecule has 0 radical (unpaired) electrons. The van der Waals surface area contributed by atoms with Gasteiger partial charge >= 0.3 is 0 Å². The Labute approximate surface area is 103 Å². The lowest BCUT2D eigenvalue weighted by atomic mass is 10.1. The molecule has 0 amide bonds. The Morgan fingerprint density at radius 3 is 2.29 bits per heavy atom. The van der Waals surface area contributed by atoms with Gasteiger partial charge in [-0.2, -0.15) is 0 Å². The molecule has 0 saturated carbocycles. The number of ether oxygens (including phenoxy) is 3. The highest BCUT2D eigenvalue weighted by molar-refractivity contribution is 5.31. The topological polar surface area (TPSA) is 53.7 Å². The molecule has 0 heterocycles. The largest absolute Gasteiger partial charge is 0.497 e. The van der Waals surface area contributed by atoms with Crippen molar-refractivity contribution in [3.05, 3.63) is 29.8 Å². The summed E-state index contributed by atoms with van der Waals surface area (Å²) in [6, 6.07) is 7.60. The molecule has 2 N–H and O–H groups in total. The molecule has 0 fully saturated rings. The van der Waals surface area contributed by atoms with Crippen molar-refractivity contribution in [2.24, 2.45) is 5.73 Å². The van der Waals surface area contributed by atoms with Crippen LogP contribution in [0.4, 0.5) is 0 Å². The van der Waals surface area contributed by atoms with Crippen LogP contribution in [0.3, 0.4) is 0 Å². The third-order valence-corrected chi connectivity index (χ3v) is 2.53. The Bertz CT molecular complexity index is 335. The van der Waals surface area contributed by atoms with Gasteiger partial charge in [-0.05, 0) is 26.0 Å². The molecule has 0 aliphatic rings. The van der Waals surface area contributed by atoms with Crippen molar-refractivity contribution in [3.63, 3.8) is 0 Å². The molecule has 1 aromatic carbocycles. The molecule has 0 saturated heterocycles. The average Bonchev–Trinajstić information content (AvgIpc) is 2.38. The standard InChI is InChI=1S/C13H21NO3/c1-4-16-13(10-14,17-5-2)11-7-6-8-12(9-11)15-3/h6-9H,4-5,10,14H2,1-3H3. The SMILES string of the molecule is CCOC(CN)(OCC)c1cccc(OC)c1. The van der Waals surface area contributed by atoms with Crippen molar-refractivity contribution in [1.29, 1.82) is 0 Å². The fourth-order valence-electron chi connectivity index (χ4n) is 1.77. The highest BCUT2D eigenvalue weighted by Crippen LogP contribution is 2.29. The maximum absolute atomic E-state index is 5.81. The van der Waals surface area contributed by atoms with Gasteiger partial charge in [0.15, 0.2) is 0 Å². The lowest BCUT2D eigenvalue weighted by Crippen LogP contribution is -2.41. The van der Waals surface area contributed by atoms with E-state index in [4.69, 9.17) is 19.9 Å². The summed E-state index contributed by atoms with van der Waals surface area (Å²) in [5, 5.41) is 0. The first-order valence-corrected chi connectivity index (χ1v) is 5.85. The lowest BCUT2D eigenvalue weighted by molar-refractivity contribution is -0.235. The summed E-state index contributed by atoms with van der Waals surface area (Å²) in [6.45, 7) is 5.18. The van der Waals surface area contributed by atoms with Gasteiger partial charge in [-0.3, -0.25) is 0 Å². The van der Waals surface area contributed by atoms with E-state index in [1.165, 1.54) is 0 Å². The van der Waals surface area contributed by atoms with Crippen LogP contribution in [0.1, 0.15) is 19.4 Å². The predicted molar refractivity (Wildman–Crippen MR) is 67.0 cm³/mol. The fraction of sp³-hybridized carbons (Fsp3) is 0.538. The van der Waals surface area contributed by atoms with Crippen molar-refractivity contribution >= 4 is 0 Å². The summed E-state index contributed by atoms with van der Waals surface area (Å²) in [5.41, 5.74) is 6.69. The second-order valence-electron chi connectivity index (χ2n) is 3.56. The van der Waals surface area contributed by atoms with Gasteiger partial charge in [0.1, 0.15) is 5.75 Å². The third kappa shape index (κ3) is 3.19. The van der Waals surface area contributed by atoms with E-state index >= 15 is 0 Å². The van der Waals surface area contributed by atoms with E-state index in [0.717, 1.165) is 11.3 Å². The molecule has 0 aliphatic carbocycles. The summed E-state index contributed by atoms with van der Waals surface area (Å²) in [5.74, 6) is -0.113. The smallest absolute Gasteiger partial charge is 0.207 e. The van der Waals surface area contributed by atoms with Crippen LogP contribution in [0.2, 0.25) is 0 Å². The number of rotatable bonds is 7. The minimum Gasteiger partial charge on any atom is -0.497 e. The van der Waals surface area contributed by atoms with Crippen LogP contribution in [0, 0.1) is 0 Å². The molecule has 0 bridgehead atoms. The summed E-state index contributed by atoms with van der Waals surface area (Å²) in [7, 11) is 1.63. The second-order valence-corrected chi connectivity index (χ2v) is 3.56. The quantitative estimate of drug-likeness (QED) is 0.738. The van der Waals surface area contributed by atoms with Gasteiger partial charge in [-0.25, -0.2) is 0 Å². The number of methoxy groups -OCH3 is 1. The van der Waals surface area contributed by atoms with Crippen molar-refractivity contribution < 1.29 is 14.2 Å². The minimum absolute atomic E-state index is 0.266. The van der Waals surface area contributed by atoms with Gasteiger partial charge in [-0.15, -0.1) is 0 Å². The van der Waals surface area contributed by atoms with Crippen LogP contribution in [-0.4, -0.2) is 26.9 Å². The summed E-state index contributed by atoms with van der Waals surface area (Å²) in [6.07, 6.45) is 0. The fourth-order valence-corrected chi connectivity index (χ4v) is 1.77. The molecular weight excluding hydrogens is 218 g/mol. The highest BCUT2D eigenvalue weighted by Gasteiger charge is 2.32. The molecule has 0 aliphatic heterocycles. The molecule has 0 atom stereocenters. The molecule has 4 heteroatoms. The molecule has 1 rings (SSSR count). The van der Waals surface area contributed by atoms with E-state index in [1.807, 2.05) is 38.1 Å². The summed E-state index contributed by atoms with van der Waals surface area (Å²) < 4.78 is 16.6. The van der Waals surface area contributed by atoms with E-state index in [1.54, 1.807) is 7.11 Å². The van der Waals surface area contributed by atoms with Crippen molar-refractivity contribution in [3.8, 4) is 5.75 Å². The molecule has 4 nitrogen and oxygen atoms in total. The molecule has 0 spiro atoms. The minimum atomic E-state index is -0.877. The molecule has 1 aromatic rings. The van der Waals surface area contributed by atoms with E-state index < -0.39 is 5.79 Å². The van der Waals surface area contributed by atoms with Crippen LogP contribution in [0.25, 0.3) is 0 Å². The Hall–Kier alpha value is -1.10. The summed E-state index contributed by atoms with van der Waals surface area (Å²) >= 11 is 0. The maximum atomic E-state index is 5.81. The number of benzene rings is 1. The molecule has 96 valence electrons. The zero-order valence-corrected chi connectivity index (χ0v) is 10.7. The highest BCUT2D eigenvalue weighted by atomic mass is 16.7. The molecule has 17 heavy (non-hydrogen) atoms. The van der Waals surface area contributed by atoms with Gasteiger partial charge in [0.25, 0.3) is 0 Å². The summed E-state index contributed by atoms with van der Waals surface area (Å²) in [4.78, 5) is 0.